The smallest absolute Gasteiger partial charge is 0.349 e. The van der Waals surface area contributed by atoms with Crippen LogP contribution in [0, 0.1) is 6.92 Å². The molecule has 0 aromatic heterocycles. The fraction of sp³-hybridized carbons (Fsp3) is 0.333. The van der Waals surface area contributed by atoms with Gasteiger partial charge in [0.15, 0.2) is 5.60 Å². The van der Waals surface area contributed by atoms with E-state index in [1.54, 1.807) is 38.1 Å². The van der Waals surface area contributed by atoms with Crippen LogP contribution in [0.1, 0.15) is 13.8 Å². The Labute approximate surface area is 100 Å². The molecule has 1 aromatic rings. The summed E-state index contributed by atoms with van der Waals surface area (Å²) in [7, 11) is 0. The van der Waals surface area contributed by atoms with E-state index in [9.17, 15) is 4.79 Å². The second kappa shape index (κ2) is 5.21. The molecule has 1 aromatic carbocycles. The van der Waals surface area contributed by atoms with Gasteiger partial charge in [-0.1, -0.05) is 11.6 Å². The predicted molar refractivity (Wildman–Crippen MR) is 62.5 cm³/mol. The Hall–Kier alpha value is -1.22. The Kier molecular flexibility index (Phi) is 4.19. The lowest BCUT2D eigenvalue weighted by molar-refractivity contribution is -0.158. The van der Waals surface area contributed by atoms with Crippen LogP contribution in [0.15, 0.2) is 24.3 Å². The molecule has 0 N–H and O–H groups in total. The van der Waals surface area contributed by atoms with Crippen molar-refractivity contribution < 1.29 is 14.3 Å². The van der Waals surface area contributed by atoms with Gasteiger partial charge in [0.1, 0.15) is 5.75 Å². The third-order valence-corrected chi connectivity index (χ3v) is 2.16. The highest BCUT2D eigenvalue weighted by atomic mass is 35.5. The zero-order valence-electron chi connectivity index (χ0n) is 9.33. The average molecular weight is 242 g/mol. The molecule has 0 aliphatic heterocycles. The molecule has 87 valence electrons. The van der Waals surface area contributed by atoms with Crippen molar-refractivity contribution in [3.63, 3.8) is 0 Å². The number of rotatable bonds is 4. The van der Waals surface area contributed by atoms with Crippen LogP contribution >= 0.6 is 11.6 Å². The van der Waals surface area contributed by atoms with Crippen LogP contribution < -0.4 is 4.74 Å². The molecule has 0 aliphatic carbocycles. The Morgan fingerprint density at radius 3 is 2.44 bits per heavy atom. The SMILES string of the molecule is [CH2]COC(=O)C(C)(C)Oc1ccc(Cl)cc1. The monoisotopic (exact) mass is 241 g/mol. The molecule has 4 heteroatoms. The van der Waals surface area contributed by atoms with Gasteiger partial charge in [0.25, 0.3) is 0 Å². The van der Waals surface area contributed by atoms with Gasteiger partial charge >= 0.3 is 5.97 Å². The van der Waals surface area contributed by atoms with E-state index in [0.717, 1.165) is 0 Å². The molecule has 0 amide bonds. The van der Waals surface area contributed by atoms with Crippen molar-refractivity contribution >= 4 is 17.6 Å². The van der Waals surface area contributed by atoms with E-state index in [4.69, 9.17) is 21.1 Å². The van der Waals surface area contributed by atoms with Crippen molar-refractivity contribution in [1.29, 1.82) is 0 Å². The molecule has 0 saturated heterocycles. The van der Waals surface area contributed by atoms with Gasteiger partial charge in [0.2, 0.25) is 0 Å². The van der Waals surface area contributed by atoms with Gasteiger partial charge < -0.3 is 9.47 Å². The van der Waals surface area contributed by atoms with Crippen LogP contribution in [0.5, 0.6) is 5.75 Å². The third kappa shape index (κ3) is 3.42. The molecule has 0 bridgehead atoms. The predicted octanol–water partition coefficient (Wildman–Crippen LogP) is 2.87. The Morgan fingerprint density at radius 1 is 1.38 bits per heavy atom. The van der Waals surface area contributed by atoms with Crippen LogP contribution in [-0.4, -0.2) is 18.2 Å². The first-order valence-corrected chi connectivity index (χ1v) is 5.24. The maximum absolute atomic E-state index is 11.5. The van der Waals surface area contributed by atoms with E-state index in [1.165, 1.54) is 0 Å². The van der Waals surface area contributed by atoms with E-state index >= 15 is 0 Å². The molecular weight excluding hydrogens is 228 g/mol. The van der Waals surface area contributed by atoms with Crippen LogP contribution in [-0.2, 0) is 9.53 Å². The van der Waals surface area contributed by atoms with E-state index in [0.29, 0.717) is 10.8 Å². The van der Waals surface area contributed by atoms with Crippen molar-refractivity contribution in [3.05, 3.63) is 36.2 Å². The lowest BCUT2D eigenvalue weighted by Gasteiger charge is -2.23. The van der Waals surface area contributed by atoms with Crippen molar-refractivity contribution in [2.45, 2.75) is 19.4 Å². The first-order valence-electron chi connectivity index (χ1n) is 4.87. The largest absolute Gasteiger partial charge is 0.476 e. The maximum atomic E-state index is 11.5. The van der Waals surface area contributed by atoms with Crippen molar-refractivity contribution in [2.75, 3.05) is 6.61 Å². The van der Waals surface area contributed by atoms with E-state index in [1.807, 2.05) is 0 Å². The van der Waals surface area contributed by atoms with Gasteiger partial charge in [-0.2, -0.15) is 0 Å². The van der Waals surface area contributed by atoms with E-state index in [2.05, 4.69) is 6.92 Å². The lowest BCUT2D eigenvalue weighted by atomic mass is 10.1. The Bertz CT molecular complexity index is 357. The molecular formula is C12H14ClO3. The Morgan fingerprint density at radius 2 is 1.94 bits per heavy atom. The van der Waals surface area contributed by atoms with Gasteiger partial charge in [-0.3, -0.25) is 0 Å². The van der Waals surface area contributed by atoms with Gasteiger partial charge in [-0.15, -0.1) is 0 Å². The molecule has 1 rings (SSSR count). The molecule has 0 spiro atoms. The van der Waals surface area contributed by atoms with Crippen LogP contribution in [0.4, 0.5) is 0 Å². The van der Waals surface area contributed by atoms with Crippen molar-refractivity contribution in [1.82, 2.24) is 0 Å². The quantitative estimate of drug-likeness (QED) is 0.761. The summed E-state index contributed by atoms with van der Waals surface area (Å²) in [4.78, 5) is 11.5. The fourth-order valence-electron chi connectivity index (χ4n) is 1.11. The van der Waals surface area contributed by atoms with Crippen LogP contribution in [0.2, 0.25) is 5.02 Å². The third-order valence-electron chi connectivity index (χ3n) is 1.91. The normalized spacial score (nSPS) is 11.0. The standard InChI is InChI=1S/C12H14ClO3/c1-4-15-11(14)12(2,3)16-10-7-5-9(13)6-8-10/h5-8H,1,4H2,2-3H3. The number of hydrogen-bond acceptors (Lipinski definition) is 3. The first kappa shape index (κ1) is 12.8. The molecule has 1 radical (unpaired) electrons. The highest BCUT2D eigenvalue weighted by molar-refractivity contribution is 6.30. The van der Waals surface area contributed by atoms with Gasteiger partial charge in [-0.05, 0) is 45.0 Å². The number of ether oxygens (including phenoxy) is 2. The summed E-state index contributed by atoms with van der Waals surface area (Å²) >= 11 is 5.74. The summed E-state index contributed by atoms with van der Waals surface area (Å²) in [6.07, 6.45) is 0. The second-order valence-electron chi connectivity index (χ2n) is 3.70. The molecule has 0 saturated carbocycles. The zero-order chi connectivity index (χ0) is 12.2. The molecule has 0 atom stereocenters. The number of carbonyl (C=O) groups excluding carboxylic acids is 1. The minimum atomic E-state index is -1.04. The Balaban J connectivity index is 2.72. The minimum Gasteiger partial charge on any atom is -0.476 e. The summed E-state index contributed by atoms with van der Waals surface area (Å²) in [6.45, 7) is 6.81. The van der Waals surface area contributed by atoms with Crippen molar-refractivity contribution in [3.8, 4) is 5.75 Å². The average Bonchev–Trinajstić information content (AvgIpc) is 2.21. The zero-order valence-corrected chi connectivity index (χ0v) is 10.1. The van der Waals surface area contributed by atoms with E-state index in [-0.39, 0.29) is 6.61 Å². The minimum absolute atomic E-state index is 0.0895. The van der Waals surface area contributed by atoms with Crippen LogP contribution in [0.3, 0.4) is 0 Å². The lowest BCUT2D eigenvalue weighted by Crippen LogP contribution is -2.39. The number of hydrogen-bond donors (Lipinski definition) is 0. The highest BCUT2D eigenvalue weighted by Crippen LogP contribution is 2.21. The number of carbonyl (C=O) groups is 1. The van der Waals surface area contributed by atoms with Gasteiger partial charge in [0.05, 0.1) is 6.61 Å². The van der Waals surface area contributed by atoms with Gasteiger partial charge in [0, 0.05) is 5.02 Å². The fourth-order valence-corrected chi connectivity index (χ4v) is 1.23. The molecule has 0 fully saturated rings. The summed E-state index contributed by atoms with van der Waals surface area (Å²) in [6, 6.07) is 6.78. The van der Waals surface area contributed by atoms with E-state index < -0.39 is 11.6 Å². The molecule has 0 heterocycles. The summed E-state index contributed by atoms with van der Waals surface area (Å²) < 4.78 is 10.3. The molecule has 16 heavy (non-hydrogen) atoms. The van der Waals surface area contributed by atoms with Crippen molar-refractivity contribution in [2.24, 2.45) is 0 Å². The van der Waals surface area contributed by atoms with Crippen LogP contribution in [0.25, 0.3) is 0 Å². The number of halogens is 1. The van der Waals surface area contributed by atoms with Gasteiger partial charge in [-0.25, -0.2) is 4.79 Å². The number of benzene rings is 1. The molecule has 0 aliphatic rings. The maximum Gasteiger partial charge on any atom is 0.349 e. The summed E-state index contributed by atoms with van der Waals surface area (Å²) in [5, 5.41) is 0.616. The summed E-state index contributed by atoms with van der Waals surface area (Å²) in [5.41, 5.74) is -1.04. The highest BCUT2D eigenvalue weighted by Gasteiger charge is 2.31. The first-order chi connectivity index (χ1) is 7.45. The topological polar surface area (TPSA) is 35.5 Å². The molecule has 3 nitrogen and oxygen atoms in total. The number of esters is 1. The second-order valence-corrected chi connectivity index (χ2v) is 4.14. The molecule has 0 unspecified atom stereocenters. The summed E-state index contributed by atoms with van der Waals surface area (Å²) in [5.74, 6) is 0.118.